The van der Waals surface area contributed by atoms with Gasteiger partial charge in [0.2, 0.25) is 10.0 Å². The molecule has 0 amide bonds. The highest BCUT2D eigenvalue weighted by molar-refractivity contribution is 14.0. The molecule has 11 heteroatoms. The molecule has 2 fully saturated rings. The standard InChI is InChI=1S/C20H32FN5O3S.HI/c1-2-22-20(23-8-10-26-9-3-15-30(26,27)28)24-16-19(25-11-13-29-14-12-25)17-4-6-18(21)7-5-17;/h4-7,19H,2-3,8-16H2,1H3,(H2,22,23,24);1H. The molecule has 1 unspecified atom stereocenters. The van der Waals surface area contributed by atoms with Gasteiger partial charge in [0, 0.05) is 39.3 Å². The Morgan fingerprint density at radius 1 is 1.19 bits per heavy atom. The van der Waals surface area contributed by atoms with E-state index in [4.69, 9.17) is 9.73 Å². The summed E-state index contributed by atoms with van der Waals surface area (Å²) in [5.41, 5.74) is 1.01. The van der Waals surface area contributed by atoms with Gasteiger partial charge < -0.3 is 15.4 Å². The van der Waals surface area contributed by atoms with Crippen molar-refractivity contribution in [1.29, 1.82) is 0 Å². The van der Waals surface area contributed by atoms with Crippen LogP contribution in [-0.4, -0.2) is 88.4 Å². The van der Waals surface area contributed by atoms with Gasteiger partial charge in [0.1, 0.15) is 5.82 Å². The minimum Gasteiger partial charge on any atom is -0.379 e. The Bertz CT molecular complexity index is 804. The van der Waals surface area contributed by atoms with E-state index in [1.54, 1.807) is 0 Å². The van der Waals surface area contributed by atoms with Gasteiger partial charge >= 0.3 is 0 Å². The summed E-state index contributed by atoms with van der Waals surface area (Å²) in [6.07, 6.45) is 0.690. The number of morpholine rings is 1. The van der Waals surface area contributed by atoms with Gasteiger partial charge in [-0.1, -0.05) is 12.1 Å². The van der Waals surface area contributed by atoms with Crippen LogP contribution in [0.5, 0.6) is 0 Å². The molecule has 0 aromatic heterocycles. The summed E-state index contributed by atoms with van der Waals surface area (Å²) in [7, 11) is -3.09. The maximum absolute atomic E-state index is 13.4. The van der Waals surface area contributed by atoms with E-state index < -0.39 is 10.0 Å². The number of benzene rings is 1. The molecule has 1 aromatic rings. The van der Waals surface area contributed by atoms with Crippen LogP contribution in [-0.2, 0) is 14.8 Å². The van der Waals surface area contributed by atoms with Crippen LogP contribution in [0.1, 0.15) is 24.9 Å². The van der Waals surface area contributed by atoms with E-state index in [2.05, 4.69) is 15.5 Å². The van der Waals surface area contributed by atoms with E-state index in [1.807, 2.05) is 19.1 Å². The van der Waals surface area contributed by atoms with Crippen LogP contribution in [0.2, 0.25) is 0 Å². The molecule has 0 aliphatic carbocycles. The van der Waals surface area contributed by atoms with E-state index in [-0.39, 0.29) is 41.6 Å². The Balaban J connectivity index is 0.00000341. The van der Waals surface area contributed by atoms with Crippen LogP contribution in [0.15, 0.2) is 29.3 Å². The van der Waals surface area contributed by atoms with E-state index in [9.17, 15) is 12.8 Å². The Hall–Kier alpha value is -1.02. The third-order valence-electron chi connectivity index (χ3n) is 5.36. The third kappa shape index (κ3) is 7.81. The predicted molar refractivity (Wildman–Crippen MR) is 131 cm³/mol. The van der Waals surface area contributed by atoms with Crippen molar-refractivity contribution in [1.82, 2.24) is 19.8 Å². The lowest BCUT2D eigenvalue weighted by Crippen LogP contribution is -2.43. The molecule has 0 saturated carbocycles. The SMILES string of the molecule is CCNC(=NCC(c1ccc(F)cc1)N1CCOCC1)NCCN1CCCS1(=O)=O.I. The van der Waals surface area contributed by atoms with Crippen molar-refractivity contribution in [2.24, 2.45) is 4.99 Å². The highest BCUT2D eigenvalue weighted by atomic mass is 127. The van der Waals surface area contributed by atoms with Crippen LogP contribution in [0.3, 0.4) is 0 Å². The topological polar surface area (TPSA) is 86.3 Å². The zero-order valence-corrected chi connectivity index (χ0v) is 21.1. The van der Waals surface area contributed by atoms with Crippen molar-refractivity contribution < 1.29 is 17.5 Å². The van der Waals surface area contributed by atoms with Gasteiger partial charge in [-0.05, 0) is 31.0 Å². The molecule has 1 atom stereocenters. The maximum atomic E-state index is 13.4. The summed E-state index contributed by atoms with van der Waals surface area (Å²) in [4.78, 5) is 7.04. The van der Waals surface area contributed by atoms with Gasteiger partial charge in [-0.25, -0.2) is 17.1 Å². The number of guanidine groups is 1. The van der Waals surface area contributed by atoms with Crippen LogP contribution < -0.4 is 10.6 Å². The molecule has 8 nitrogen and oxygen atoms in total. The monoisotopic (exact) mass is 569 g/mol. The lowest BCUT2D eigenvalue weighted by Gasteiger charge is -2.34. The molecule has 2 aliphatic heterocycles. The van der Waals surface area contributed by atoms with Crippen LogP contribution in [0.4, 0.5) is 4.39 Å². The van der Waals surface area contributed by atoms with Crippen molar-refractivity contribution in [2.75, 3.05) is 64.8 Å². The maximum Gasteiger partial charge on any atom is 0.214 e. The molecular weight excluding hydrogens is 536 g/mol. The Labute approximate surface area is 201 Å². The summed E-state index contributed by atoms with van der Waals surface area (Å²) in [6.45, 7) is 7.64. The number of sulfonamides is 1. The highest BCUT2D eigenvalue weighted by Crippen LogP contribution is 2.22. The number of nitrogens with one attached hydrogen (secondary N) is 2. The third-order valence-corrected chi connectivity index (χ3v) is 7.32. The zero-order valence-electron chi connectivity index (χ0n) is 17.9. The lowest BCUT2D eigenvalue weighted by atomic mass is 10.0. The number of rotatable bonds is 8. The van der Waals surface area contributed by atoms with Crippen molar-refractivity contribution in [3.8, 4) is 0 Å². The van der Waals surface area contributed by atoms with E-state index in [0.29, 0.717) is 58.3 Å². The first-order valence-electron chi connectivity index (χ1n) is 10.6. The molecule has 0 bridgehead atoms. The summed E-state index contributed by atoms with van der Waals surface area (Å²) < 4.78 is 44.3. The average molecular weight is 569 g/mol. The summed E-state index contributed by atoms with van der Waals surface area (Å²) in [5, 5.41) is 6.45. The molecule has 3 rings (SSSR count). The quantitative estimate of drug-likeness (QED) is 0.280. The molecular formula is C20H33FIN5O3S. The van der Waals surface area contributed by atoms with Crippen molar-refractivity contribution in [3.63, 3.8) is 0 Å². The highest BCUT2D eigenvalue weighted by Gasteiger charge is 2.27. The fraction of sp³-hybridized carbons (Fsp3) is 0.650. The van der Waals surface area contributed by atoms with Gasteiger partial charge in [-0.3, -0.25) is 9.89 Å². The Morgan fingerprint density at radius 3 is 2.52 bits per heavy atom. The van der Waals surface area contributed by atoms with Gasteiger partial charge in [0.25, 0.3) is 0 Å². The van der Waals surface area contributed by atoms with Gasteiger partial charge in [0.05, 0.1) is 31.6 Å². The second kappa shape index (κ2) is 12.9. The van der Waals surface area contributed by atoms with Crippen LogP contribution in [0, 0.1) is 5.82 Å². The second-order valence-corrected chi connectivity index (χ2v) is 9.52. The van der Waals surface area contributed by atoms with Crippen LogP contribution in [0.25, 0.3) is 0 Å². The zero-order chi connectivity index (χ0) is 21.4. The normalized spacial score (nSPS) is 20.8. The number of nitrogens with zero attached hydrogens (tertiary/aromatic N) is 3. The average Bonchev–Trinajstić information content (AvgIpc) is 3.08. The first kappa shape index (κ1) is 26.2. The summed E-state index contributed by atoms with van der Waals surface area (Å²) >= 11 is 0. The second-order valence-electron chi connectivity index (χ2n) is 7.43. The van der Waals surface area contributed by atoms with Crippen molar-refractivity contribution >= 4 is 40.0 Å². The molecule has 176 valence electrons. The van der Waals surface area contributed by atoms with Gasteiger partial charge in [0.15, 0.2) is 5.96 Å². The molecule has 2 saturated heterocycles. The van der Waals surface area contributed by atoms with Gasteiger partial charge in [-0.15, -0.1) is 24.0 Å². The first-order chi connectivity index (χ1) is 14.5. The number of ether oxygens (including phenoxy) is 1. The predicted octanol–water partition coefficient (Wildman–Crippen LogP) is 1.41. The fourth-order valence-electron chi connectivity index (χ4n) is 3.77. The molecule has 2 heterocycles. The molecule has 0 spiro atoms. The fourth-order valence-corrected chi connectivity index (χ4v) is 5.30. The summed E-state index contributed by atoms with van der Waals surface area (Å²) in [5.74, 6) is 0.629. The number of aliphatic imine (C=N–C) groups is 1. The Morgan fingerprint density at radius 2 is 1.90 bits per heavy atom. The van der Waals surface area contributed by atoms with E-state index >= 15 is 0 Å². The minimum absolute atomic E-state index is 0. The van der Waals surface area contributed by atoms with E-state index in [0.717, 1.165) is 18.7 Å². The number of halogens is 2. The largest absolute Gasteiger partial charge is 0.379 e. The molecule has 2 N–H and O–H groups in total. The van der Waals surface area contributed by atoms with Gasteiger partial charge in [-0.2, -0.15) is 0 Å². The van der Waals surface area contributed by atoms with Crippen molar-refractivity contribution in [3.05, 3.63) is 35.6 Å². The number of hydrogen-bond acceptors (Lipinski definition) is 5. The molecule has 0 radical (unpaired) electrons. The Kier molecular flexibility index (Phi) is 10.9. The summed E-state index contributed by atoms with van der Waals surface area (Å²) in [6, 6.07) is 6.59. The first-order valence-corrected chi connectivity index (χ1v) is 12.2. The molecule has 1 aromatic carbocycles. The smallest absolute Gasteiger partial charge is 0.214 e. The van der Waals surface area contributed by atoms with E-state index in [1.165, 1.54) is 16.4 Å². The van der Waals surface area contributed by atoms with Crippen LogP contribution >= 0.6 is 24.0 Å². The minimum atomic E-state index is -3.09. The number of hydrogen-bond donors (Lipinski definition) is 2. The molecule has 31 heavy (non-hydrogen) atoms. The molecule has 2 aliphatic rings. The lowest BCUT2D eigenvalue weighted by molar-refractivity contribution is 0.0179. The van der Waals surface area contributed by atoms with Crippen molar-refractivity contribution in [2.45, 2.75) is 19.4 Å².